The maximum Gasteiger partial charge on any atom is 0.190 e. The number of thiazole rings is 1. The van der Waals surface area contributed by atoms with E-state index in [9.17, 15) is 0 Å². The second-order valence-corrected chi connectivity index (χ2v) is 5.30. The average molecular weight is 287 g/mol. The van der Waals surface area contributed by atoms with Crippen LogP contribution in [0.1, 0.15) is 5.01 Å². The molecule has 0 atom stereocenters. The number of thioether (sulfide) groups is 1. The number of anilines is 1. The molecule has 0 radical (unpaired) electrons. The van der Waals surface area contributed by atoms with Crippen molar-refractivity contribution in [3.8, 4) is 0 Å². The Kier molecular flexibility index (Phi) is 4.58. The lowest BCUT2D eigenvalue weighted by Gasteiger charge is -2.05. The van der Waals surface area contributed by atoms with Crippen molar-refractivity contribution >= 4 is 40.5 Å². The molecule has 0 aromatic carbocycles. The van der Waals surface area contributed by atoms with Crippen LogP contribution in [0.4, 0.5) is 5.82 Å². The molecule has 0 saturated heterocycles. The molecule has 0 fully saturated rings. The van der Waals surface area contributed by atoms with Crippen molar-refractivity contribution in [1.82, 2.24) is 15.0 Å². The van der Waals surface area contributed by atoms with Crippen LogP contribution < -0.4 is 5.32 Å². The summed E-state index contributed by atoms with van der Waals surface area (Å²) >= 11 is 9.02. The van der Waals surface area contributed by atoms with Gasteiger partial charge in [0.2, 0.25) is 0 Å². The van der Waals surface area contributed by atoms with Crippen LogP contribution in [0.25, 0.3) is 0 Å². The number of nitrogens with one attached hydrogen (secondary N) is 1. The van der Waals surface area contributed by atoms with Gasteiger partial charge in [0.05, 0.1) is 5.01 Å². The summed E-state index contributed by atoms with van der Waals surface area (Å²) in [6.07, 6.45) is 4.62. The van der Waals surface area contributed by atoms with E-state index in [0.29, 0.717) is 10.3 Å². The predicted octanol–water partition coefficient (Wildman–Crippen LogP) is 2.96. The first kappa shape index (κ1) is 12.6. The van der Waals surface area contributed by atoms with Crippen LogP contribution in [0.15, 0.2) is 22.8 Å². The Labute approximate surface area is 113 Å². The molecule has 4 nitrogen and oxygen atoms in total. The summed E-state index contributed by atoms with van der Waals surface area (Å²) in [6.45, 7) is 0.786. The lowest BCUT2D eigenvalue weighted by molar-refractivity contribution is 0.936. The SMILES string of the molecule is CSc1nc(Cl)cc(NCCc2nccs2)n1. The first-order chi connectivity index (χ1) is 8.28. The summed E-state index contributed by atoms with van der Waals surface area (Å²) < 4.78 is 0. The van der Waals surface area contributed by atoms with Gasteiger partial charge >= 0.3 is 0 Å². The third-order valence-electron chi connectivity index (χ3n) is 1.99. The summed E-state index contributed by atoms with van der Waals surface area (Å²) in [5, 5.41) is 7.44. The monoisotopic (exact) mass is 286 g/mol. The summed E-state index contributed by atoms with van der Waals surface area (Å²) in [7, 11) is 0. The van der Waals surface area contributed by atoms with Crippen molar-refractivity contribution in [3.63, 3.8) is 0 Å². The highest BCUT2D eigenvalue weighted by molar-refractivity contribution is 7.98. The van der Waals surface area contributed by atoms with Crippen LogP contribution in [0, 0.1) is 0 Å². The van der Waals surface area contributed by atoms with E-state index in [-0.39, 0.29) is 0 Å². The average Bonchev–Trinajstić information content (AvgIpc) is 2.81. The van der Waals surface area contributed by atoms with Gasteiger partial charge in [-0.1, -0.05) is 23.4 Å². The molecule has 2 aromatic rings. The Morgan fingerprint density at radius 1 is 1.47 bits per heavy atom. The molecule has 0 spiro atoms. The first-order valence-corrected chi connectivity index (χ1v) is 7.47. The Bertz CT molecular complexity index is 475. The van der Waals surface area contributed by atoms with Gasteiger partial charge in [0.15, 0.2) is 5.16 Å². The Balaban J connectivity index is 1.92. The summed E-state index contributed by atoms with van der Waals surface area (Å²) in [5.74, 6) is 0.755. The minimum absolute atomic E-state index is 0.459. The zero-order chi connectivity index (χ0) is 12.1. The molecule has 0 unspecified atom stereocenters. The number of nitrogens with zero attached hydrogens (tertiary/aromatic N) is 3. The maximum absolute atomic E-state index is 5.89. The number of halogens is 1. The zero-order valence-corrected chi connectivity index (χ0v) is 11.6. The Morgan fingerprint density at radius 2 is 2.35 bits per heavy atom. The molecular weight excluding hydrogens is 276 g/mol. The normalized spacial score (nSPS) is 10.5. The van der Waals surface area contributed by atoms with E-state index in [1.165, 1.54) is 11.8 Å². The van der Waals surface area contributed by atoms with E-state index >= 15 is 0 Å². The largest absolute Gasteiger partial charge is 0.369 e. The van der Waals surface area contributed by atoms with Crippen molar-refractivity contribution < 1.29 is 0 Å². The number of hydrogen-bond acceptors (Lipinski definition) is 6. The molecule has 0 bridgehead atoms. The highest BCUT2D eigenvalue weighted by Crippen LogP contribution is 2.17. The molecule has 0 saturated carbocycles. The van der Waals surface area contributed by atoms with Crippen LogP contribution in [0.3, 0.4) is 0 Å². The lowest BCUT2D eigenvalue weighted by atomic mass is 10.4. The van der Waals surface area contributed by atoms with Gasteiger partial charge in [0.1, 0.15) is 11.0 Å². The fourth-order valence-corrected chi connectivity index (χ4v) is 2.49. The van der Waals surface area contributed by atoms with Crippen molar-refractivity contribution in [2.24, 2.45) is 0 Å². The van der Waals surface area contributed by atoms with Gasteiger partial charge in [-0.2, -0.15) is 0 Å². The van der Waals surface area contributed by atoms with E-state index in [1.54, 1.807) is 17.4 Å². The van der Waals surface area contributed by atoms with Gasteiger partial charge in [-0.25, -0.2) is 15.0 Å². The second kappa shape index (κ2) is 6.18. The van der Waals surface area contributed by atoms with Crippen LogP contribution in [0.5, 0.6) is 0 Å². The fourth-order valence-electron chi connectivity index (χ4n) is 1.25. The Morgan fingerprint density at radius 3 is 3.06 bits per heavy atom. The first-order valence-electron chi connectivity index (χ1n) is 4.99. The lowest BCUT2D eigenvalue weighted by Crippen LogP contribution is -2.07. The van der Waals surface area contributed by atoms with Gasteiger partial charge in [-0.05, 0) is 6.26 Å². The van der Waals surface area contributed by atoms with Crippen molar-refractivity contribution in [1.29, 1.82) is 0 Å². The molecule has 90 valence electrons. The highest BCUT2D eigenvalue weighted by atomic mass is 35.5. The maximum atomic E-state index is 5.89. The second-order valence-electron chi connectivity index (χ2n) is 3.17. The molecule has 2 heterocycles. The summed E-state index contributed by atoms with van der Waals surface area (Å²) in [5.41, 5.74) is 0. The molecule has 0 aliphatic heterocycles. The highest BCUT2D eigenvalue weighted by Gasteiger charge is 2.02. The molecule has 7 heteroatoms. The van der Waals surface area contributed by atoms with Crippen LogP contribution in [-0.4, -0.2) is 27.8 Å². The Hall–Kier alpha value is -0.850. The molecule has 2 aromatic heterocycles. The smallest absolute Gasteiger partial charge is 0.190 e. The van der Waals surface area contributed by atoms with Crippen molar-refractivity contribution in [2.75, 3.05) is 18.1 Å². The van der Waals surface area contributed by atoms with E-state index in [1.807, 2.05) is 17.8 Å². The third kappa shape index (κ3) is 3.83. The standard InChI is InChI=1S/C10H11ClN4S2/c1-16-10-14-7(11)6-8(15-10)12-3-2-9-13-4-5-17-9/h4-6H,2-3H2,1H3,(H,12,14,15). The number of hydrogen-bond donors (Lipinski definition) is 1. The van der Waals surface area contributed by atoms with Crippen LogP contribution >= 0.6 is 34.7 Å². The quantitative estimate of drug-likeness (QED) is 0.520. The number of aromatic nitrogens is 3. The van der Waals surface area contributed by atoms with E-state index in [0.717, 1.165) is 23.8 Å². The minimum Gasteiger partial charge on any atom is -0.369 e. The molecule has 1 N–H and O–H groups in total. The van der Waals surface area contributed by atoms with E-state index in [4.69, 9.17) is 11.6 Å². The molecule has 2 rings (SSSR count). The van der Waals surface area contributed by atoms with Gasteiger partial charge in [-0.3, -0.25) is 0 Å². The van der Waals surface area contributed by atoms with Crippen LogP contribution in [-0.2, 0) is 6.42 Å². The molecule has 17 heavy (non-hydrogen) atoms. The van der Waals surface area contributed by atoms with E-state index < -0.39 is 0 Å². The molecule has 0 aliphatic carbocycles. The summed E-state index contributed by atoms with van der Waals surface area (Å²) in [6, 6.07) is 1.73. The van der Waals surface area contributed by atoms with Gasteiger partial charge < -0.3 is 5.32 Å². The van der Waals surface area contributed by atoms with E-state index in [2.05, 4.69) is 20.3 Å². The molecule has 0 amide bonds. The number of rotatable bonds is 5. The third-order valence-corrected chi connectivity index (χ3v) is 3.57. The van der Waals surface area contributed by atoms with Gasteiger partial charge in [0, 0.05) is 30.6 Å². The summed E-state index contributed by atoms with van der Waals surface area (Å²) in [4.78, 5) is 12.6. The fraction of sp³-hybridized carbons (Fsp3) is 0.300. The van der Waals surface area contributed by atoms with Crippen LogP contribution in [0.2, 0.25) is 5.15 Å². The van der Waals surface area contributed by atoms with Gasteiger partial charge in [-0.15, -0.1) is 11.3 Å². The minimum atomic E-state index is 0.459. The van der Waals surface area contributed by atoms with Crippen molar-refractivity contribution in [2.45, 2.75) is 11.6 Å². The topological polar surface area (TPSA) is 50.7 Å². The predicted molar refractivity (Wildman–Crippen MR) is 73.1 cm³/mol. The molecular formula is C10H11ClN4S2. The molecule has 0 aliphatic rings. The zero-order valence-electron chi connectivity index (χ0n) is 9.18. The van der Waals surface area contributed by atoms with Gasteiger partial charge in [0.25, 0.3) is 0 Å². The van der Waals surface area contributed by atoms with Crippen molar-refractivity contribution in [3.05, 3.63) is 27.8 Å².